The first-order chi connectivity index (χ1) is 16.5. The van der Waals surface area contributed by atoms with E-state index in [0.29, 0.717) is 23.3 Å². The number of carbonyl (C=O) groups excluding carboxylic acids is 1. The average molecular weight is 455 g/mol. The molecule has 0 bridgehead atoms. The van der Waals surface area contributed by atoms with Crippen LogP contribution in [0.5, 0.6) is 5.75 Å². The van der Waals surface area contributed by atoms with Gasteiger partial charge in [0.15, 0.2) is 0 Å². The Bertz CT molecular complexity index is 1190. The third kappa shape index (κ3) is 4.63. The molecule has 7 nitrogen and oxygen atoms in total. The Labute approximate surface area is 200 Å². The summed E-state index contributed by atoms with van der Waals surface area (Å²) in [7, 11) is 7.88. The van der Waals surface area contributed by atoms with Crippen LogP contribution in [0.2, 0.25) is 0 Å². The van der Waals surface area contributed by atoms with Crippen LogP contribution in [0, 0.1) is 5.92 Å². The summed E-state index contributed by atoms with van der Waals surface area (Å²) in [5.41, 5.74) is 4.74. The predicted octanol–water partition coefficient (Wildman–Crippen LogP) is 2.68. The van der Waals surface area contributed by atoms with Gasteiger partial charge in [0, 0.05) is 6.20 Å². The number of ether oxygens (including phenoxy) is 1. The zero-order valence-electron chi connectivity index (χ0n) is 19.2. The monoisotopic (exact) mass is 455 g/mol. The number of hydrogen-bond donors (Lipinski definition) is 3. The molecule has 5 rings (SSSR count). The van der Waals surface area contributed by atoms with Crippen molar-refractivity contribution >= 4 is 19.0 Å². The Hall–Kier alpha value is -3.39. The van der Waals surface area contributed by atoms with Crippen molar-refractivity contribution in [1.82, 2.24) is 20.4 Å². The Kier molecular flexibility index (Phi) is 6.24. The van der Waals surface area contributed by atoms with E-state index in [1.165, 1.54) is 12.8 Å². The van der Waals surface area contributed by atoms with Crippen molar-refractivity contribution in [2.24, 2.45) is 5.92 Å². The van der Waals surface area contributed by atoms with Crippen LogP contribution < -0.4 is 10.1 Å². The van der Waals surface area contributed by atoms with E-state index >= 15 is 0 Å². The van der Waals surface area contributed by atoms with E-state index in [9.17, 15) is 9.90 Å². The van der Waals surface area contributed by atoms with Crippen molar-refractivity contribution in [3.63, 3.8) is 0 Å². The normalized spacial score (nSPS) is 19.7. The number of aliphatic hydroxyl groups excluding tert-OH is 1. The van der Waals surface area contributed by atoms with Crippen LogP contribution in [0.3, 0.4) is 0 Å². The maximum atomic E-state index is 13.5. The van der Waals surface area contributed by atoms with Gasteiger partial charge in [0.1, 0.15) is 0 Å². The van der Waals surface area contributed by atoms with Gasteiger partial charge < -0.3 is 0 Å². The third-order valence-corrected chi connectivity index (χ3v) is 6.66. The summed E-state index contributed by atoms with van der Waals surface area (Å²) in [6, 6.07) is 13.1. The molecular formula is C26H28BN4O3. The number of aromatic nitrogens is 2. The number of hydrogen-bond acceptors (Lipinski definition) is 5. The number of benzene rings is 2. The van der Waals surface area contributed by atoms with Gasteiger partial charge in [0.05, 0.1) is 6.20 Å². The van der Waals surface area contributed by atoms with E-state index in [-0.39, 0.29) is 18.5 Å². The number of β-amino-alcohol motifs (C(OH)–C–C–N with tert-alkyl or cyclic N) is 1. The molecule has 34 heavy (non-hydrogen) atoms. The SMILES string of the molecule is [B]=C(NCC1CC1)c1cccc(C2CC(O)CN2C(=O)c2ccc(-c3cn[nH]c3)c(OC)c2)c1. The van der Waals surface area contributed by atoms with Gasteiger partial charge in [0.2, 0.25) is 0 Å². The molecular weight excluding hydrogens is 427 g/mol. The average Bonchev–Trinajstić information content (AvgIpc) is 3.37. The fraction of sp³-hybridized carbons (Fsp3) is 0.346. The summed E-state index contributed by atoms with van der Waals surface area (Å²) in [6.45, 7) is 1.16. The van der Waals surface area contributed by atoms with Crippen molar-refractivity contribution in [3.8, 4) is 16.9 Å². The number of rotatable bonds is 8. The number of aromatic amines is 1. The van der Waals surface area contributed by atoms with Gasteiger partial charge in [-0.15, -0.1) is 0 Å². The number of amides is 1. The summed E-state index contributed by atoms with van der Waals surface area (Å²) < 4.78 is 5.56. The Morgan fingerprint density at radius 2 is 2.12 bits per heavy atom. The van der Waals surface area contributed by atoms with Crippen molar-refractivity contribution in [2.45, 2.75) is 31.4 Å². The second kappa shape index (κ2) is 9.47. The molecule has 2 heterocycles. The van der Waals surface area contributed by atoms with E-state index in [1.807, 2.05) is 30.3 Å². The number of likely N-dealkylation sites (tertiary alicyclic amines) is 1. The summed E-state index contributed by atoms with van der Waals surface area (Å²) in [5.74, 6) is 1.17. The van der Waals surface area contributed by atoms with E-state index in [1.54, 1.807) is 36.5 Å². The Balaban J connectivity index is 1.38. The van der Waals surface area contributed by atoms with Crippen molar-refractivity contribution < 1.29 is 14.6 Å². The predicted molar refractivity (Wildman–Crippen MR) is 132 cm³/mol. The van der Waals surface area contributed by atoms with E-state index in [4.69, 9.17) is 12.2 Å². The number of H-pyrrole nitrogens is 1. The molecule has 2 unspecified atom stereocenters. The molecule has 2 atom stereocenters. The molecule has 1 saturated carbocycles. The Morgan fingerprint density at radius 1 is 1.26 bits per heavy atom. The number of nitrogens with zero attached hydrogens (tertiary/aromatic N) is 2. The van der Waals surface area contributed by atoms with Crippen LogP contribution in [0.1, 0.15) is 46.8 Å². The molecule has 2 aromatic carbocycles. The molecule has 2 aliphatic rings. The molecule has 3 aromatic rings. The summed E-state index contributed by atoms with van der Waals surface area (Å²) >= 11 is 0. The molecule has 1 radical (unpaired) electrons. The molecule has 8 heteroatoms. The first-order valence-electron chi connectivity index (χ1n) is 11.7. The molecule has 0 spiro atoms. The second-order valence-corrected chi connectivity index (χ2v) is 9.13. The minimum absolute atomic E-state index is 0.146. The van der Waals surface area contributed by atoms with Gasteiger partial charge in [-0.25, -0.2) is 0 Å². The van der Waals surface area contributed by atoms with Crippen LogP contribution in [-0.4, -0.2) is 65.5 Å². The topological polar surface area (TPSA) is 90.5 Å². The van der Waals surface area contributed by atoms with Crippen LogP contribution in [0.15, 0.2) is 54.9 Å². The zero-order chi connectivity index (χ0) is 23.7. The Morgan fingerprint density at radius 3 is 2.85 bits per heavy atom. The molecule has 1 saturated heterocycles. The van der Waals surface area contributed by atoms with E-state index < -0.39 is 6.10 Å². The molecule has 1 aliphatic heterocycles. The quantitative estimate of drug-likeness (QED) is 0.455. The third-order valence-electron chi connectivity index (χ3n) is 6.66. The maximum absolute atomic E-state index is 13.5. The van der Waals surface area contributed by atoms with E-state index in [2.05, 4.69) is 15.5 Å². The fourth-order valence-electron chi connectivity index (χ4n) is 4.57. The van der Waals surface area contributed by atoms with Gasteiger partial charge in [-0.1, -0.05) is 0 Å². The van der Waals surface area contributed by atoms with Crippen LogP contribution in [-0.2, 0) is 0 Å². The first kappa shape index (κ1) is 22.4. The molecule has 1 aromatic heterocycles. The summed E-state index contributed by atoms with van der Waals surface area (Å²) in [6.07, 6.45) is 5.90. The van der Waals surface area contributed by atoms with Crippen molar-refractivity contribution in [1.29, 1.82) is 0 Å². The van der Waals surface area contributed by atoms with Gasteiger partial charge in [0.25, 0.3) is 0 Å². The van der Waals surface area contributed by atoms with Gasteiger partial charge in [-0.05, 0) is 0 Å². The first-order valence-corrected chi connectivity index (χ1v) is 11.7. The minimum atomic E-state index is -0.584. The molecule has 3 N–H and O–H groups in total. The van der Waals surface area contributed by atoms with Crippen LogP contribution in [0.25, 0.3) is 11.1 Å². The number of methoxy groups -OCH3 is 1. The van der Waals surface area contributed by atoms with Crippen LogP contribution >= 0.6 is 0 Å². The molecule has 173 valence electrons. The molecule has 2 fully saturated rings. The van der Waals surface area contributed by atoms with Gasteiger partial charge >= 0.3 is 177 Å². The van der Waals surface area contributed by atoms with Crippen molar-refractivity contribution in [3.05, 3.63) is 71.5 Å². The second-order valence-electron chi connectivity index (χ2n) is 9.13. The molecule has 1 amide bonds. The zero-order valence-corrected chi connectivity index (χ0v) is 19.2. The van der Waals surface area contributed by atoms with Crippen LogP contribution in [0.4, 0.5) is 0 Å². The van der Waals surface area contributed by atoms with E-state index in [0.717, 1.165) is 34.7 Å². The number of nitrogens with one attached hydrogen (secondary N) is 2. The van der Waals surface area contributed by atoms with Gasteiger partial charge in [-0.3, -0.25) is 5.10 Å². The fourth-order valence-corrected chi connectivity index (χ4v) is 4.57. The summed E-state index contributed by atoms with van der Waals surface area (Å²) in [5, 5.41) is 20.6. The van der Waals surface area contributed by atoms with Crippen molar-refractivity contribution in [2.75, 3.05) is 20.2 Å². The van der Waals surface area contributed by atoms with Gasteiger partial charge in [-0.2, -0.15) is 5.10 Å². The summed E-state index contributed by atoms with van der Waals surface area (Å²) in [4.78, 5) is 15.3. The molecule has 1 aliphatic carbocycles. The number of aliphatic hydroxyl groups is 1. The number of carbonyl (C=O) groups is 1. The standard InChI is InChI=1S/C26H28BN4O3/c1-34-24-10-19(7-8-22(24)20-13-29-30-14-20)26(33)31-15-21(32)11-23(31)17-3-2-4-18(9-17)25(27)28-12-16-5-6-16/h2-4,7-10,13-14,16,21,23,28,32H,5-6,11-12,15H2,1H3,(H,29,30).